The van der Waals surface area contributed by atoms with Gasteiger partial charge in [-0.15, -0.1) is 0 Å². The van der Waals surface area contributed by atoms with E-state index in [1.54, 1.807) is 12.1 Å². The molecule has 1 heterocycles. The average molecular weight is 269 g/mol. The second kappa shape index (κ2) is 5.93. The van der Waals surface area contributed by atoms with Gasteiger partial charge in [-0.05, 0) is 25.1 Å². The minimum Gasteiger partial charge on any atom is -0.467 e. The maximum atomic E-state index is 13.8. The standard InChI is InChI=1S/C14H14F3NO/c1-2-5-18-14(12-4-3-6-19-12)13-10(16)7-9(15)8-11(13)17/h3-4,6-8,14,18H,2,5H2,1H3. The van der Waals surface area contributed by atoms with Crippen molar-refractivity contribution < 1.29 is 17.6 Å². The summed E-state index contributed by atoms with van der Waals surface area (Å²) < 4.78 is 45.8. The molecule has 0 spiro atoms. The monoisotopic (exact) mass is 269 g/mol. The maximum Gasteiger partial charge on any atom is 0.134 e. The molecule has 0 saturated heterocycles. The molecule has 19 heavy (non-hydrogen) atoms. The van der Waals surface area contributed by atoms with Gasteiger partial charge < -0.3 is 9.73 Å². The van der Waals surface area contributed by atoms with Crippen LogP contribution in [0.4, 0.5) is 13.2 Å². The van der Waals surface area contributed by atoms with Crippen LogP contribution in [0.1, 0.15) is 30.7 Å². The third-order valence-corrected chi connectivity index (χ3v) is 2.76. The second-order valence-electron chi connectivity index (χ2n) is 4.19. The highest BCUT2D eigenvalue weighted by Gasteiger charge is 2.24. The third kappa shape index (κ3) is 2.98. The third-order valence-electron chi connectivity index (χ3n) is 2.76. The fourth-order valence-corrected chi connectivity index (χ4v) is 1.92. The molecule has 5 heteroatoms. The van der Waals surface area contributed by atoms with Crippen LogP contribution in [-0.4, -0.2) is 6.54 Å². The minimum absolute atomic E-state index is 0.232. The summed E-state index contributed by atoms with van der Waals surface area (Å²) in [5.74, 6) is -2.41. The first-order chi connectivity index (χ1) is 9.13. The van der Waals surface area contributed by atoms with Crippen molar-refractivity contribution in [2.45, 2.75) is 19.4 Å². The molecule has 0 fully saturated rings. The van der Waals surface area contributed by atoms with E-state index >= 15 is 0 Å². The molecule has 1 atom stereocenters. The lowest BCUT2D eigenvalue weighted by Gasteiger charge is -2.18. The summed E-state index contributed by atoms with van der Waals surface area (Å²) in [6, 6.07) is 3.82. The Balaban J connectivity index is 2.44. The molecule has 2 aromatic rings. The van der Waals surface area contributed by atoms with Crippen molar-refractivity contribution in [3.63, 3.8) is 0 Å². The highest BCUT2D eigenvalue weighted by molar-refractivity contribution is 5.30. The summed E-state index contributed by atoms with van der Waals surface area (Å²) in [6.07, 6.45) is 2.22. The van der Waals surface area contributed by atoms with Crippen molar-refractivity contribution in [2.75, 3.05) is 6.54 Å². The summed E-state index contributed by atoms with van der Waals surface area (Å²) in [7, 11) is 0. The number of nitrogens with one attached hydrogen (secondary N) is 1. The van der Waals surface area contributed by atoms with E-state index in [1.807, 2.05) is 6.92 Å². The fraction of sp³-hybridized carbons (Fsp3) is 0.286. The molecule has 1 unspecified atom stereocenters. The van der Waals surface area contributed by atoms with E-state index in [-0.39, 0.29) is 5.56 Å². The van der Waals surface area contributed by atoms with E-state index in [2.05, 4.69) is 5.32 Å². The zero-order valence-electron chi connectivity index (χ0n) is 10.4. The number of halogens is 3. The molecule has 102 valence electrons. The van der Waals surface area contributed by atoms with Gasteiger partial charge in [-0.3, -0.25) is 0 Å². The Hall–Kier alpha value is -1.75. The van der Waals surface area contributed by atoms with Gasteiger partial charge in [0.2, 0.25) is 0 Å². The van der Waals surface area contributed by atoms with Gasteiger partial charge >= 0.3 is 0 Å². The van der Waals surface area contributed by atoms with Crippen molar-refractivity contribution in [2.24, 2.45) is 0 Å². The topological polar surface area (TPSA) is 25.2 Å². The van der Waals surface area contributed by atoms with Crippen molar-refractivity contribution in [1.29, 1.82) is 0 Å². The Kier molecular flexibility index (Phi) is 4.27. The van der Waals surface area contributed by atoms with Gasteiger partial charge in [0.1, 0.15) is 23.2 Å². The number of rotatable bonds is 5. The molecule has 1 aromatic heterocycles. The first-order valence-electron chi connectivity index (χ1n) is 6.04. The number of hydrogen-bond donors (Lipinski definition) is 1. The van der Waals surface area contributed by atoms with Crippen LogP contribution in [0.15, 0.2) is 34.9 Å². The van der Waals surface area contributed by atoms with E-state index in [4.69, 9.17) is 4.42 Å². The Bertz CT molecular complexity index is 517. The van der Waals surface area contributed by atoms with Crippen LogP contribution in [0.5, 0.6) is 0 Å². The zero-order chi connectivity index (χ0) is 13.8. The van der Waals surface area contributed by atoms with Crippen LogP contribution < -0.4 is 5.32 Å². The molecule has 0 bridgehead atoms. The first-order valence-corrected chi connectivity index (χ1v) is 6.04. The summed E-state index contributed by atoms with van der Waals surface area (Å²) in [5.41, 5.74) is -0.232. The smallest absolute Gasteiger partial charge is 0.134 e. The average Bonchev–Trinajstić information content (AvgIpc) is 2.85. The van der Waals surface area contributed by atoms with Gasteiger partial charge in [0, 0.05) is 17.7 Å². The van der Waals surface area contributed by atoms with Crippen LogP contribution in [0.2, 0.25) is 0 Å². The lowest BCUT2D eigenvalue weighted by atomic mass is 10.0. The van der Waals surface area contributed by atoms with Gasteiger partial charge in [0.15, 0.2) is 0 Å². The predicted molar refractivity (Wildman–Crippen MR) is 65.2 cm³/mol. The zero-order valence-corrected chi connectivity index (χ0v) is 10.4. The van der Waals surface area contributed by atoms with Crippen LogP contribution in [0, 0.1) is 17.5 Å². The molecule has 2 rings (SSSR count). The molecule has 0 aliphatic heterocycles. The summed E-state index contributed by atoms with van der Waals surface area (Å²) >= 11 is 0. The second-order valence-corrected chi connectivity index (χ2v) is 4.19. The SMILES string of the molecule is CCCNC(c1ccco1)c1c(F)cc(F)cc1F. The van der Waals surface area contributed by atoms with Gasteiger partial charge in [0.05, 0.1) is 12.3 Å². The van der Waals surface area contributed by atoms with E-state index in [0.717, 1.165) is 6.42 Å². The molecule has 2 nitrogen and oxygen atoms in total. The van der Waals surface area contributed by atoms with E-state index in [0.29, 0.717) is 24.4 Å². The summed E-state index contributed by atoms with van der Waals surface area (Å²) in [6.45, 7) is 2.49. The predicted octanol–water partition coefficient (Wildman–Crippen LogP) is 3.79. The minimum atomic E-state index is -0.938. The lowest BCUT2D eigenvalue weighted by Crippen LogP contribution is -2.25. The van der Waals surface area contributed by atoms with Crippen LogP contribution in [-0.2, 0) is 0 Å². The molecule has 1 N–H and O–H groups in total. The van der Waals surface area contributed by atoms with Crippen molar-refractivity contribution in [3.8, 4) is 0 Å². The number of benzene rings is 1. The molecule has 1 aromatic carbocycles. The molecule has 0 saturated carbocycles. The molecular formula is C14H14F3NO. The van der Waals surface area contributed by atoms with Crippen LogP contribution >= 0.6 is 0 Å². The van der Waals surface area contributed by atoms with Gasteiger partial charge in [0.25, 0.3) is 0 Å². The normalized spacial score (nSPS) is 12.6. The highest BCUT2D eigenvalue weighted by atomic mass is 19.1. The lowest BCUT2D eigenvalue weighted by molar-refractivity contribution is 0.419. The largest absolute Gasteiger partial charge is 0.467 e. The molecule has 0 amide bonds. The van der Waals surface area contributed by atoms with E-state index in [9.17, 15) is 13.2 Å². The molecule has 0 aliphatic carbocycles. The van der Waals surface area contributed by atoms with Crippen molar-refractivity contribution in [1.82, 2.24) is 5.32 Å². The highest BCUT2D eigenvalue weighted by Crippen LogP contribution is 2.28. The Labute approximate surface area is 109 Å². The number of hydrogen-bond acceptors (Lipinski definition) is 2. The summed E-state index contributed by atoms with van der Waals surface area (Å²) in [4.78, 5) is 0. The number of furan rings is 1. The van der Waals surface area contributed by atoms with E-state index in [1.165, 1.54) is 6.26 Å². The van der Waals surface area contributed by atoms with Gasteiger partial charge in [-0.2, -0.15) is 0 Å². The first kappa shape index (κ1) is 13.7. The van der Waals surface area contributed by atoms with Gasteiger partial charge in [-0.1, -0.05) is 6.92 Å². The van der Waals surface area contributed by atoms with Crippen molar-refractivity contribution in [3.05, 3.63) is 59.3 Å². The Morgan fingerprint density at radius 2 is 1.89 bits per heavy atom. The van der Waals surface area contributed by atoms with E-state index < -0.39 is 23.5 Å². The maximum absolute atomic E-state index is 13.8. The van der Waals surface area contributed by atoms with Crippen molar-refractivity contribution >= 4 is 0 Å². The summed E-state index contributed by atoms with van der Waals surface area (Å²) in [5, 5.41) is 2.99. The quantitative estimate of drug-likeness (QED) is 0.893. The molecule has 0 radical (unpaired) electrons. The van der Waals surface area contributed by atoms with Crippen LogP contribution in [0.25, 0.3) is 0 Å². The molecular weight excluding hydrogens is 255 g/mol. The van der Waals surface area contributed by atoms with Crippen LogP contribution in [0.3, 0.4) is 0 Å². The molecule has 0 aliphatic rings. The van der Waals surface area contributed by atoms with Gasteiger partial charge in [-0.25, -0.2) is 13.2 Å². The fourth-order valence-electron chi connectivity index (χ4n) is 1.92. The Morgan fingerprint density at radius 1 is 1.21 bits per heavy atom. The Morgan fingerprint density at radius 3 is 2.42 bits per heavy atom.